The van der Waals surface area contributed by atoms with E-state index in [1.54, 1.807) is 42.8 Å². The number of nitrogens with zero attached hydrogens (tertiary/aromatic N) is 1. The lowest BCUT2D eigenvalue weighted by atomic mass is 10.2. The molecule has 0 radical (unpaired) electrons. The van der Waals surface area contributed by atoms with Crippen molar-refractivity contribution < 1.29 is 12.8 Å². The summed E-state index contributed by atoms with van der Waals surface area (Å²) in [6, 6.07) is 7.28. The number of aromatic nitrogens is 1. The molecule has 0 saturated carbocycles. The molecule has 0 aliphatic rings. The number of alkyl halides is 1. The lowest BCUT2D eigenvalue weighted by molar-refractivity contribution is 0.523. The van der Waals surface area contributed by atoms with Gasteiger partial charge < -0.3 is 4.57 Å². The number of allylic oxidation sites excluding steroid dienone is 2. The minimum atomic E-state index is -3.45. The highest BCUT2D eigenvalue weighted by atomic mass is 32.2. The van der Waals surface area contributed by atoms with Gasteiger partial charge in [0.25, 0.3) is 0 Å². The van der Waals surface area contributed by atoms with Crippen molar-refractivity contribution in [3.05, 3.63) is 54.3 Å². The molecule has 0 aliphatic carbocycles. The number of hydrogen-bond donors (Lipinski definition) is 0. The number of hydrogen-bond acceptors (Lipinski definition) is 2. The molecule has 0 fully saturated rings. The first-order valence-corrected chi connectivity index (χ1v) is 8.69. The van der Waals surface area contributed by atoms with Crippen LogP contribution in [-0.2, 0) is 16.4 Å². The molecular weight excluding hydrogens is 301 g/mol. The molecule has 0 saturated heterocycles. The summed E-state index contributed by atoms with van der Waals surface area (Å²) in [5.41, 5.74) is 2.00. The minimum absolute atomic E-state index is 0.0827. The standard InChI is InChI=1S/C17H20FNO2S/c1-4-14(9-18)10-19-11-17(22(20,21)12-13(2)3)15-7-5-6-8-16(15)19/h4-8,11H,2,9-10,12H2,1,3H3. The van der Waals surface area contributed by atoms with Crippen molar-refractivity contribution >= 4 is 20.7 Å². The maximum Gasteiger partial charge on any atom is 0.184 e. The van der Waals surface area contributed by atoms with Crippen LogP contribution in [0.2, 0.25) is 0 Å². The maximum absolute atomic E-state index is 12.9. The fourth-order valence-corrected chi connectivity index (χ4v) is 4.02. The second-order valence-electron chi connectivity index (χ2n) is 5.44. The normalized spacial score (nSPS) is 12.8. The average molecular weight is 321 g/mol. The molecule has 22 heavy (non-hydrogen) atoms. The molecule has 0 atom stereocenters. The first-order chi connectivity index (χ1) is 10.4. The predicted octanol–water partition coefficient (Wildman–Crippen LogP) is 3.91. The minimum Gasteiger partial charge on any atom is -0.342 e. The van der Waals surface area contributed by atoms with Crippen LogP contribution in [0, 0.1) is 0 Å². The highest BCUT2D eigenvalue weighted by Crippen LogP contribution is 2.27. The molecular formula is C17H20FNO2S. The van der Waals surface area contributed by atoms with Crippen molar-refractivity contribution in [1.29, 1.82) is 0 Å². The Morgan fingerprint density at radius 3 is 2.64 bits per heavy atom. The topological polar surface area (TPSA) is 39.1 Å². The Balaban J connectivity index is 2.60. The van der Waals surface area contributed by atoms with Crippen LogP contribution in [0.5, 0.6) is 0 Å². The molecule has 5 heteroatoms. The summed E-state index contributed by atoms with van der Waals surface area (Å²) < 4.78 is 39.8. The van der Waals surface area contributed by atoms with Crippen LogP contribution >= 0.6 is 0 Å². The molecule has 0 bridgehead atoms. The zero-order valence-corrected chi connectivity index (χ0v) is 13.7. The van der Waals surface area contributed by atoms with Gasteiger partial charge in [-0.15, -0.1) is 0 Å². The van der Waals surface area contributed by atoms with Crippen molar-refractivity contribution in [2.75, 3.05) is 12.4 Å². The maximum atomic E-state index is 12.9. The van der Waals surface area contributed by atoms with E-state index in [9.17, 15) is 12.8 Å². The summed E-state index contributed by atoms with van der Waals surface area (Å²) in [5.74, 6) is -0.0827. The number of sulfone groups is 1. The van der Waals surface area contributed by atoms with E-state index in [1.807, 2.05) is 12.1 Å². The SMILES string of the molecule is C=C(C)CS(=O)(=O)c1cn(CC(=CC)CF)c2ccccc12. The Morgan fingerprint density at radius 2 is 2.05 bits per heavy atom. The molecule has 0 unspecified atom stereocenters. The molecule has 1 heterocycles. The van der Waals surface area contributed by atoms with Gasteiger partial charge in [-0.05, 0) is 25.5 Å². The first kappa shape index (κ1) is 16.5. The second-order valence-corrected chi connectivity index (χ2v) is 7.39. The molecule has 118 valence electrons. The highest BCUT2D eigenvalue weighted by Gasteiger charge is 2.21. The Hall–Kier alpha value is -1.88. The predicted molar refractivity (Wildman–Crippen MR) is 88.5 cm³/mol. The van der Waals surface area contributed by atoms with Crippen LogP contribution in [0.1, 0.15) is 13.8 Å². The van der Waals surface area contributed by atoms with E-state index in [4.69, 9.17) is 0 Å². The summed E-state index contributed by atoms with van der Waals surface area (Å²) in [6.45, 7) is 6.95. The van der Waals surface area contributed by atoms with Gasteiger partial charge in [-0.1, -0.05) is 36.4 Å². The van der Waals surface area contributed by atoms with Crippen molar-refractivity contribution in [1.82, 2.24) is 4.57 Å². The zero-order chi connectivity index (χ0) is 16.3. The number of rotatable bonds is 6. The van der Waals surface area contributed by atoms with Crippen molar-refractivity contribution in [3.8, 4) is 0 Å². The Labute approximate surface area is 130 Å². The van der Waals surface area contributed by atoms with Crippen molar-refractivity contribution in [2.45, 2.75) is 25.3 Å². The first-order valence-electron chi connectivity index (χ1n) is 7.04. The quantitative estimate of drug-likeness (QED) is 0.757. The monoisotopic (exact) mass is 321 g/mol. The third-order valence-corrected chi connectivity index (χ3v) is 5.35. The molecule has 0 N–H and O–H groups in total. The van der Waals surface area contributed by atoms with E-state index in [1.165, 1.54) is 0 Å². The zero-order valence-electron chi connectivity index (χ0n) is 12.8. The third kappa shape index (κ3) is 3.30. The van der Waals surface area contributed by atoms with E-state index >= 15 is 0 Å². The van der Waals surface area contributed by atoms with Gasteiger partial charge in [0.15, 0.2) is 9.84 Å². The number of halogens is 1. The van der Waals surface area contributed by atoms with E-state index in [0.29, 0.717) is 23.1 Å². The fourth-order valence-electron chi connectivity index (χ4n) is 2.42. The van der Waals surface area contributed by atoms with Crippen molar-refractivity contribution in [3.63, 3.8) is 0 Å². The number of benzene rings is 1. The molecule has 0 aliphatic heterocycles. The van der Waals surface area contributed by atoms with Gasteiger partial charge in [0.2, 0.25) is 0 Å². The summed E-state index contributed by atoms with van der Waals surface area (Å²) in [5, 5.41) is 0.665. The van der Waals surface area contributed by atoms with Crippen molar-refractivity contribution in [2.24, 2.45) is 0 Å². The molecule has 0 spiro atoms. The molecule has 3 nitrogen and oxygen atoms in total. The van der Waals surface area contributed by atoms with Gasteiger partial charge in [-0.2, -0.15) is 0 Å². The van der Waals surface area contributed by atoms with Crippen LogP contribution in [0.4, 0.5) is 4.39 Å². The second kappa shape index (κ2) is 6.48. The van der Waals surface area contributed by atoms with E-state index in [0.717, 1.165) is 5.52 Å². The van der Waals surface area contributed by atoms with Crippen LogP contribution in [0.3, 0.4) is 0 Å². The molecule has 2 aromatic rings. The van der Waals surface area contributed by atoms with Gasteiger partial charge in [-0.3, -0.25) is 0 Å². The Kier molecular flexibility index (Phi) is 4.86. The Morgan fingerprint density at radius 1 is 1.36 bits per heavy atom. The Bertz CT molecular complexity index is 831. The fraction of sp³-hybridized carbons (Fsp3) is 0.294. The van der Waals surface area contributed by atoms with E-state index in [2.05, 4.69) is 6.58 Å². The van der Waals surface area contributed by atoms with E-state index in [-0.39, 0.29) is 10.6 Å². The van der Waals surface area contributed by atoms with Gasteiger partial charge in [-0.25, -0.2) is 12.8 Å². The number of fused-ring (bicyclic) bond motifs is 1. The van der Waals surface area contributed by atoms with E-state index < -0.39 is 16.5 Å². The molecule has 0 amide bonds. The summed E-state index contributed by atoms with van der Waals surface area (Å²) >= 11 is 0. The molecule has 1 aromatic carbocycles. The largest absolute Gasteiger partial charge is 0.342 e. The lowest BCUT2D eigenvalue weighted by Crippen LogP contribution is -2.07. The van der Waals surface area contributed by atoms with Crippen LogP contribution in [0.25, 0.3) is 10.9 Å². The molecule has 2 rings (SSSR count). The average Bonchev–Trinajstić information content (AvgIpc) is 2.83. The van der Waals surface area contributed by atoms with Gasteiger partial charge >= 0.3 is 0 Å². The highest BCUT2D eigenvalue weighted by molar-refractivity contribution is 7.91. The molecule has 1 aromatic heterocycles. The summed E-state index contributed by atoms with van der Waals surface area (Å²) in [7, 11) is -3.45. The smallest absolute Gasteiger partial charge is 0.184 e. The van der Waals surface area contributed by atoms with Gasteiger partial charge in [0, 0.05) is 23.6 Å². The summed E-state index contributed by atoms with van der Waals surface area (Å²) in [4.78, 5) is 0.278. The van der Waals surface area contributed by atoms with Crippen LogP contribution < -0.4 is 0 Å². The van der Waals surface area contributed by atoms with Gasteiger partial charge in [0.1, 0.15) is 6.67 Å². The summed E-state index contributed by atoms with van der Waals surface area (Å²) in [6.07, 6.45) is 3.32. The van der Waals surface area contributed by atoms with Crippen LogP contribution in [0.15, 0.2) is 59.2 Å². The lowest BCUT2D eigenvalue weighted by Gasteiger charge is -2.06. The number of para-hydroxylation sites is 1. The van der Waals surface area contributed by atoms with Crippen LogP contribution in [-0.4, -0.2) is 25.4 Å². The third-order valence-electron chi connectivity index (χ3n) is 3.48. The van der Waals surface area contributed by atoms with Gasteiger partial charge in [0.05, 0.1) is 10.6 Å².